The van der Waals surface area contributed by atoms with E-state index in [2.05, 4.69) is 45.2 Å². The zero-order valence-corrected chi connectivity index (χ0v) is 20.6. The number of piperazine rings is 1. The van der Waals surface area contributed by atoms with Gasteiger partial charge in [0.15, 0.2) is 0 Å². The third-order valence-electron chi connectivity index (χ3n) is 8.27. The van der Waals surface area contributed by atoms with Crippen LogP contribution in [0, 0.1) is 5.92 Å². The van der Waals surface area contributed by atoms with Gasteiger partial charge in [-0.2, -0.15) is 5.10 Å². The Kier molecular flexibility index (Phi) is 5.88. The van der Waals surface area contributed by atoms with Crippen LogP contribution in [0.2, 0.25) is 0 Å². The summed E-state index contributed by atoms with van der Waals surface area (Å²) in [6.07, 6.45) is 7.40. The molecule has 184 valence electrons. The highest BCUT2D eigenvalue weighted by Gasteiger charge is 2.28. The van der Waals surface area contributed by atoms with Crippen LogP contribution in [0.5, 0.6) is 5.75 Å². The average molecular weight is 474 g/mol. The fourth-order valence-corrected chi connectivity index (χ4v) is 6.06. The number of anilines is 1. The maximum atomic E-state index is 13.5. The van der Waals surface area contributed by atoms with Crippen molar-refractivity contribution in [2.24, 2.45) is 5.92 Å². The molecular formula is C28H35N5O2. The van der Waals surface area contributed by atoms with Crippen LogP contribution in [0.25, 0.3) is 10.9 Å². The van der Waals surface area contributed by atoms with Gasteiger partial charge in [-0.25, -0.2) is 0 Å². The highest BCUT2D eigenvalue weighted by atomic mass is 16.3. The van der Waals surface area contributed by atoms with Crippen molar-refractivity contribution in [2.45, 2.75) is 51.6 Å². The van der Waals surface area contributed by atoms with Crippen LogP contribution in [-0.4, -0.2) is 64.2 Å². The topological polar surface area (TPSA) is 75.7 Å². The molecule has 2 aliphatic heterocycles. The van der Waals surface area contributed by atoms with E-state index in [1.165, 1.54) is 48.9 Å². The van der Waals surface area contributed by atoms with Gasteiger partial charge in [0.2, 0.25) is 0 Å². The number of amides is 1. The minimum Gasteiger partial charge on any atom is -0.507 e. The number of H-pyrrole nitrogens is 1. The van der Waals surface area contributed by atoms with Gasteiger partial charge in [0.05, 0.1) is 11.1 Å². The van der Waals surface area contributed by atoms with Crippen molar-refractivity contribution in [1.29, 1.82) is 0 Å². The third-order valence-corrected chi connectivity index (χ3v) is 8.27. The van der Waals surface area contributed by atoms with Crippen molar-refractivity contribution >= 4 is 22.5 Å². The summed E-state index contributed by atoms with van der Waals surface area (Å²) >= 11 is 0. The van der Waals surface area contributed by atoms with E-state index >= 15 is 0 Å². The predicted octanol–water partition coefficient (Wildman–Crippen LogP) is 4.30. The first kappa shape index (κ1) is 22.4. The number of nitrogens with zero attached hydrogens (tertiary/aromatic N) is 4. The number of nitrogens with one attached hydrogen (secondary N) is 1. The monoisotopic (exact) mass is 473 g/mol. The molecule has 0 unspecified atom stereocenters. The van der Waals surface area contributed by atoms with Gasteiger partial charge >= 0.3 is 0 Å². The van der Waals surface area contributed by atoms with Gasteiger partial charge in [-0.05, 0) is 48.7 Å². The summed E-state index contributed by atoms with van der Waals surface area (Å²) in [6.45, 7) is 5.35. The largest absolute Gasteiger partial charge is 0.507 e. The van der Waals surface area contributed by atoms with Crippen molar-refractivity contribution < 1.29 is 9.90 Å². The number of aromatic hydroxyl groups is 1. The van der Waals surface area contributed by atoms with E-state index in [0.717, 1.165) is 49.2 Å². The number of rotatable bonds is 4. The maximum absolute atomic E-state index is 13.5. The molecule has 0 radical (unpaired) electrons. The summed E-state index contributed by atoms with van der Waals surface area (Å²) < 4.78 is 0. The molecule has 2 N–H and O–H groups in total. The van der Waals surface area contributed by atoms with Crippen molar-refractivity contribution in [3.63, 3.8) is 0 Å². The average Bonchev–Trinajstić information content (AvgIpc) is 3.47. The lowest BCUT2D eigenvalue weighted by Gasteiger charge is -2.34. The second kappa shape index (κ2) is 9.19. The van der Waals surface area contributed by atoms with Crippen LogP contribution in [0.4, 0.5) is 5.69 Å². The number of benzene rings is 2. The molecule has 7 nitrogen and oxygen atoms in total. The highest BCUT2D eigenvalue weighted by Crippen LogP contribution is 2.34. The summed E-state index contributed by atoms with van der Waals surface area (Å²) in [5, 5.41) is 19.3. The molecule has 1 aliphatic carbocycles. The molecule has 1 saturated heterocycles. The molecule has 3 aliphatic rings. The van der Waals surface area contributed by atoms with E-state index in [1.54, 1.807) is 6.07 Å². The van der Waals surface area contributed by atoms with Crippen LogP contribution >= 0.6 is 0 Å². The first-order chi connectivity index (χ1) is 17.0. The highest BCUT2D eigenvalue weighted by molar-refractivity contribution is 6.01. The minimum absolute atomic E-state index is 0.00676. The Morgan fingerprint density at radius 3 is 2.60 bits per heavy atom. The zero-order valence-electron chi connectivity index (χ0n) is 20.6. The second-order valence-electron chi connectivity index (χ2n) is 10.7. The van der Waals surface area contributed by atoms with E-state index in [1.807, 2.05) is 11.0 Å². The van der Waals surface area contributed by atoms with E-state index in [0.29, 0.717) is 24.6 Å². The summed E-state index contributed by atoms with van der Waals surface area (Å²) in [4.78, 5) is 20.2. The molecule has 35 heavy (non-hydrogen) atoms. The number of phenolic OH excluding ortho intramolecular Hbond substituents is 1. The normalized spacial score (nSPS) is 19.5. The van der Waals surface area contributed by atoms with E-state index in [9.17, 15) is 9.90 Å². The Hall–Kier alpha value is -3.06. The number of likely N-dealkylation sites (N-methyl/N-ethyl adjacent to an activating group) is 1. The van der Waals surface area contributed by atoms with Crippen molar-refractivity contribution in [2.75, 3.05) is 38.1 Å². The van der Waals surface area contributed by atoms with Crippen LogP contribution in [0.3, 0.4) is 0 Å². The molecule has 7 heteroatoms. The number of aromatic nitrogens is 2. The van der Waals surface area contributed by atoms with Gasteiger partial charge in [-0.1, -0.05) is 38.2 Å². The lowest BCUT2D eigenvalue weighted by Crippen LogP contribution is -2.44. The first-order valence-corrected chi connectivity index (χ1v) is 13.1. The van der Waals surface area contributed by atoms with Crippen molar-refractivity contribution in [3.05, 3.63) is 52.7 Å². The Bertz CT molecular complexity index is 1240. The quantitative estimate of drug-likeness (QED) is 0.591. The summed E-state index contributed by atoms with van der Waals surface area (Å²) in [6, 6.07) is 10.1. The zero-order chi connectivity index (χ0) is 23.9. The smallest absolute Gasteiger partial charge is 0.258 e. The molecule has 1 amide bonds. The van der Waals surface area contributed by atoms with Crippen LogP contribution in [0.1, 0.15) is 59.3 Å². The maximum Gasteiger partial charge on any atom is 0.258 e. The summed E-state index contributed by atoms with van der Waals surface area (Å²) in [5.41, 5.74) is 5.82. The number of hydrogen-bond donors (Lipinski definition) is 2. The lowest BCUT2D eigenvalue weighted by atomic mass is 9.85. The standard InChI is InChI=1S/C28H35N5O2/c1-31-9-11-32(12-10-31)22-8-7-20-17-33(18-21(20)14-22)28(35)24-15-23-25(13-19-5-3-2-4-6-19)29-30-26(23)16-27(24)34/h7-8,14-16,19,34H,2-6,9-13,17-18H2,1H3,(H,29,30). The number of hydrogen-bond acceptors (Lipinski definition) is 5. The van der Waals surface area contributed by atoms with Gasteiger partial charge in [-0.3, -0.25) is 9.89 Å². The van der Waals surface area contributed by atoms with Gasteiger partial charge in [0, 0.05) is 62.1 Å². The second-order valence-corrected chi connectivity index (χ2v) is 10.7. The first-order valence-electron chi connectivity index (χ1n) is 13.1. The Morgan fingerprint density at radius 1 is 1.03 bits per heavy atom. The lowest BCUT2D eigenvalue weighted by molar-refractivity contribution is 0.0748. The van der Waals surface area contributed by atoms with E-state index in [4.69, 9.17) is 0 Å². The summed E-state index contributed by atoms with van der Waals surface area (Å²) in [7, 11) is 2.17. The van der Waals surface area contributed by atoms with Gasteiger partial charge in [-0.15, -0.1) is 0 Å². The fraction of sp³-hybridized carbons (Fsp3) is 0.500. The molecule has 6 rings (SSSR count). The Morgan fingerprint density at radius 2 is 1.80 bits per heavy atom. The Balaban J connectivity index is 1.21. The fourth-order valence-electron chi connectivity index (χ4n) is 6.06. The SMILES string of the molecule is CN1CCN(c2ccc3c(c2)CN(C(=O)c2cc4c(CC5CCCCC5)[nH]nc4cc2O)C3)CC1. The van der Waals surface area contributed by atoms with E-state index in [-0.39, 0.29) is 11.7 Å². The minimum atomic E-state index is -0.119. The third kappa shape index (κ3) is 4.38. The van der Waals surface area contributed by atoms with Gasteiger partial charge in [0.25, 0.3) is 5.91 Å². The number of aromatic amines is 1. The molecule has 3 heterocycles. The molecule has 0 bridgehead atoms. The van der Waals surface area contributed by atoms with Gasteiger partial charge in [0.1, 0.15) is 5.75 Å². The number of fused-ring (bicyclic) bond motifs is 2. The molecule has 2 fully saturated rings. The van der Waals surface area contributed by atoms with Crippen molar-refractivity contribution in [3.8, 4) is 5.75 Å². The Labute approximate surface area is 206 Å². The van der Waals surface area contributed by atoms with Crippen LogP contribution < -0.4 is 4.90 Å². The molecular weight excluding hydrogens is 438 g/mol. The van der Waals surface area contributed by atoms with E-state index < -0.39 is 0 Å². The number of phenols is 1. The molecule has 1 aromatic heterocycles. The number of carbonyl (C=O) groups excluding carboxylic acids is 1. The van der Waals surface area contributed by atoms with Crippen LogP contribution in [0.15, 0.2) is 30.3 Å². The molecule has 3 aromatic rings. The van der Waals surface area contributed by atoms with Gasteiger partial charge < -0.3 is 19.8 Å². The van der Waals surface area contributed by atoms with Crippen molar-refractivity contribution in [1.82, 2.24) is 20.0 Å². The number of carbonyl (C=O) groups is 1. The molecule has 2 aromatic carbocycles. The van der Waals surface area contributed by atoms with Crippen LogP contribution in [-0.2, 0) is 19.5 Å². The molecule has 0 spiro atoms. The predicted molar refractivity (Wildman–Crippen MR) is 138 cm³/mol. The molecule has 0 atom stereocenters. The summed E-state index contributed by atoms with van der Waals surface area (Å²) in [5.74, 6) is 0.557. The molecule has 1 saturated carbocycles.